The molecule has 3 rings (SSSR count). The van der Waals surface area contributed by atoms with Gasteiger partial charge in [-0.25, -0.2) is 4.98 Å². The van der Waals surface area contributed by atoms with E-state index in [4.69, 9.17) is 5.11 Å². The highest BCUT2D eigenvalue weighted by Crippen LogP contribution is 2.21. The molecule has 18 heavy (non-hydrogen) atoms. The molecule has 0 amide bonds. The van der Waals surface area contributed by atoms with Crippen molar-refractivity contribution in [2.45, 2.75) is 19.4 Å². The van der Waals surface area contributed by atoms with Crippen LogP contribution in [0.25, 0.3) is 11.0 Å². The summed E-state index contributed by atoms with van der Waals surface area (Å²) in [6, 6.07) is 8.13. The maximum atomic E-state index is 8.96. The Bertz CT molecular complexity index is 489. The minimum absolute atomic E-state index is 0.309. The molecule has 0 bridgehead atoms. The lowest BCUT2D eigenvalue weighted by Crippen LogP contribution is -2.21. The van der Waals surface area contributed by atoms with E-state index in [1.165, 1.54) is 6.42 Å². The van der Waals surface area contributed by atoms with E-state index < -0.39 is 0 Å². The number of para-hydroxylation sites is 2. The van der Waals surface area contributed by atoms with E-state index in [-0.39, 0.29) is 0 Å². The largest absolute Gasteiger partial charge is 0.396 e. The molecule has 2 aromatic rings. The SMILES string of the molecule is OCCC1CCN(Cc2nc3ccccc3[nH]2)C1. The van der Waals surface area contributed by atoms with Crippen molar-refractivity contribution in [1.29, 1.82) is 0 Å². The predicted octanol–water partition coefficient (Wildman–Crippen LogP) is 1.77. The fourth-order valence-corrected chi connectivity index (χ4v) is 2.77. The van der Waals surface area contributed by atoms with Gasteiger partial charge < -0.3 is 10.1 Å². The highest BCUT2D eigenvalue weighted by atomic mass is 16.3. The van der Waals surface area contributed by atoms with E-state index in [1.54, 1.807) is 0 Å². The zero-order chi connectivity index (χ0) is 12.4. The molecule has 1 fully saturated rings. The van der Waals surface area contributed by atoms with Crippen LogP contribution in [0.5, 0.6) is 0 Å². The maximum absolute atomic E-state index is 8.96. The summed E-state index contributed by atoms with van der Waals surface area (Å²) in [6.07, 6.45) is 2.12. The van der Waals surface area contributed by atoms with Crippen LogP contribution in [-0.2, 0) is 6.54 Å². The first-order valence-corrected chi connectivity index (χ1v) is 6.62. The van der Waals surface area contributed by atoms with Crippen LogP contribution in [0.2, 0.25) is 0 Å². The van der Waals surface area contributed by atoms with Crippen LogP contribution in [0.1, 0.15) is 18.7 Å². The maximum Gasteiger partial charge on any atom is 0.121 e. The van der Waals surface area contributed by atoms with Crippen molar-refractivity contribution in [3.63, 3.8) is 0 Å². The minimum atomic E-state index is 0.309. The van der Waals surface area contributed by atoms with E-state index >= 15 is 0 Å². The van der Waals surface area contributed by atoms with Crippen LogP contribution in [0, 0.1) is 5.92 Å². The van der Waals surface area contributed by atoms with Gasteiger partial charge >= 0.3 is 0 Å². The van der Waals surface area contributed by atoms with E-state index in [9.17, 15) is 0 Å². The molecule has 0 spiro atoms. The molecule has 1 aliphatic rings. The number of aromatic nitrogens is 2. The van der Waals surface area contributed by atoms with Gasteiger partial charge in [0.15, 0.2) is 0 Å². The molecule has 4 heteroatoms. The molecular formula is C14H19N3O. The number of aliphatic hydroxyl groups excluding tert-OH is 1. The number of hydrogen-bond donors (Lipinski definition) is 2. The van der Waals surface area contributed by atoms with Gasteiger partial charge in [-0.2, -0.15) is 0 Å². The summed E-state index contributed by atoms with van der Waals surface area (Å²) >= 11 is 0. The Morgan fingerprint density at radius 3 is 3.11 bits per heavy atom. The van der Waals surface area contributed by atoms with E-state index in [1.807, 2.05) is 18.2 Å². The van der Waals surface area contributed by atoms with Gasteiger partial charge in [-0.05, 0) is 37.4 Å². The lowest BCUT2D eigenvalue weighted by molar-refractivity contribution is 0.248. The number of aromatic amines is 1. The fourth-order valence-electron chi connectivity index (χ4n) is 2.77. The van der Waals surface area contributed by atoms with Gasteiger partial charge in [-0.1, -0.05) is 12.1 Å². The lowest BCUT2D eigenvalue weighted by atomic mass is 10.1. The Kier molecular flexibility index (Phi) is 3.30. The third-order valence-corrected chi connectivity index (χ3v) is 3.72. The highest BCUT2D eigenvalue weighted by Gasteiger charge is 2.22. The number of benzene rings is 1. The van der Waals surface area contributed by atoms with Crippen molar-refractivity contribution in [3.05, 3.63) is 30.1 Å². The summed E-state index contributed by atoms with van der Waals surface area (Å²) in [4.78, 5) is 10.4. The number of fused-ring (bicyclic) bond motifs is 1. The average molecular weight is 245 g/mol. The third-order valence-electron chi connectivity index (χ3n) is 3.72. The van der Waals surface area contributed by atoms with Crippen LogP contribution in [0.15, 0.2) is 24.3 Å². The molecule has 2 N–H and O–H groups in total. The molecule has 1 aromatic carbocycles. The van der Waals surface area contributed by atoms with Crippen molar-refractivity contribution < 1.29 is 5.11 Å². The summed E-state index contributed by atoms with van der Waals surface area (Å²) in [5, 5.41) is 8.96. The summed E-state index contributed by atoms with van der Waals surface area (Å²) in [6.45, 7) is 3.39. The summed E-state index contributed by atoms with van der Waals surface area (Å²) in [5.74, 6) is 1.69. The van der Waals surface area contributed by atoms with Gasteiger partial charge in [0.2, 0.25) is 0 Å². The lowest BCUT2D eigenvalue weighted by Gasteiger charge is -2.13. The van der Waals surface area contributed by atoms with Crippen LogP contribution >= 0.6 is 0 Å². The summed E-state index contributed by atoms with van der Waals surface area (Å²) in [5.41, 5.74) is 2.15. The summed E-state index contributed by atoms with van der Waals surface area (Å²) in [7, 11) is 0. The average Bonchev–Trinajstić information content (AvgIpc) is 2.96. The van der Waals surface area contributed by atoms with Gasteiger partial charge in [0.1, 0.15) is 5.82 Å². The second-order valence-corrected chi connectivity index (χ2v) is 5.10. The van der Waals surface area contributed by atoms with E-state index in [0.717, 1.165) is 42.9 Å². The van der Waals surface area contributed by atoms with Gasteiger partial charge in [0.05, 0.1) is 17.6 Å². The molecule has 96 valence electrons. The van der Waals surface area contributed by atoms with Gasteiger partial charge in [-0.15, -0.1) is 0 Å². The summed E-state index contributed by atoms with van der Waals surface area (Å²) < 4.78 is 0. The number of likely N-dealkylation sites (tertiary alicyclic amines) is 1. The Balaban J connectivity index is 1.66. The Morgan fingerprint density at radius 2 is 2.28 bits per heavy atom. The zero-order valence-corrected chi connectivity index (χ0v) is 10.5. The van der Waals surface area contributed by atoms with Crippen molar-refractivity contribution in [2.75, 3.05) is 19.7 Å². The molecule has 2 heterocycles. The molecule has 1 aliphatic heterocycles. The van der Waals surface area contributed by atoms with Crippen molar-refractivity contribution in [2.24, 2.45) is 5.92 Å². The second kappa shape index (κ2) is 5.08. The van der Waals surface area contributed by atoms with Crippen LogP contribution < -0.4 is 0 Å². The van der Waals surface area contributed by atoms with E-state index in [2.05, 4.69) is 20.9 Å². The van der Waals surface area contributed by atoms with Gasteiger partial charge in [0, 0.05) is 13.2 Å². The van der Waals surface area contributed by atoms with Gasteiger partial charge in [0.25, 0.3) is 0 Å². The number of nitrogens with zero attached hydrogens (tertiary/aromatic N) is 2. The number of nitrogens with one attached hydrogen (secondary N) is 1. The predicted molar refractivity (Wildman–Crippen MR) is 71.2 cm³/mol. The number of aliphatic hydroxyl groups is 1. The molecule has 1 aromatic heterocycles. The standard InChI is InChI=1S/C14H19N3O/c18-8-6-11-5-7-17(9-11)10-14-15-12-3-1-2-4-13(12)16-14/h1-4,11,18H,5-10H2,(H,15,16). The van der Waals surface area contributed by atoms with Crippen LogP contribution in [-0.4, -0.2) is 39.7 Å². The quantitative estimate of drug-likeness (QED) is 0.863. The molecule has 0 radical (unpaired) electrons. The Morgan fingerprint density at radius 1 is 1.39 bits per heavy atom. The molecule has 1 unspecified atom stereocenters. The van der Waals surface area contributed by atoms with Gasteiger partial charge in [-0.3, -0.25) is 4.90 Å². The van der Waals surface area contributed by atoms with Crippen molar-refractivity contribution in [1.82, 2.24) is 14.9 Å². The van der Waals surface area contributed by atoms with Crippen LogP contribution in [0.4, 0.5) is 0 Å². The Hall–Kier alpha value is -1.39. The van der Waals surface area contributed by atoms with Crippen molar-refractivity contribution >= 4 is 11.0 Å². The number of hydrogen-bond acceptors (Lipinski definition) is 3. The molecule has 0 aliphatic carbocycles. The second-order valence-electron chi connectivity index (χ2n) is 5.10. The molecule has 4 nitrogen and oxygen atoms in total. The molecule has 1 atom stereocenters. The molecule has 1 saturated heterocycles. The number of rotatable bonds is 4. The normalized spacial score (nSPS) is 20.8. The number of H-pyrrole nitrogens is 1. The minimum Gasteiger partial charge on any atom is -0.396 e. The molecular weight excluding hydrogens is 226 g/mol. The fraction of sp³-hybridized carbons (Fsp3) is 0.500. The first kappa shape index (κ1) is 11.7. The third kappa shape index (κ3) is 2.40. The van der Waals surface area contributed by atoms with Crippen molar-refractivity contribution in [3.8, 4) is 0 Å². The monoisotopic (exact) mass is 245 g/mol. The molecule has 0 saturated carbocycles. The van der Waals surface area contributed by atoms with Crippen LogP contribution in [0.3, 0.4) is 0 Å². The number of imidazole rings is 1. The first-order valence-electron chi connectivity index (χ1n) is 6.62. The smallest absolute Gasteiger partial charge is 0.121 e. The Labute approximate surface area is 107 Å². The topological polar surface area (TPSA) is 52.1 Å². The van der Waals surface area contributed by atoms with E-state index in [0.29, 0.717) is 12.5 Å². The first-order chi connectivity index (χ1) is 8.85. The zero-order valence-electron chi connectivity index (χ0n) is 10.5. The highest BCUT2D eigenvalue weighted by molar-refractivity contribution is 5.74.